The van der Waals surface area contributed by atoms with Crippen LogP contribution in [0.2, 0.25) is 0 Å². The fourth-order valence-corrected chi connectivity index (χ4v) is 5.20. The van der Waals surface area contributed by atoms with Gasteiger partial charge in [-0.25, -0.2) is 0 Å². The number of amides is 1. The second-order valence-corrected chi connectivity index (χ2v) is 9.96. The van der Waals surface area contributed by atoms with Gasteiger partial charge in [0.2, 0.25) is 0 Å². The third kappa shape index (κ3) is 5.76. The highest BCUT2D eigenvalue weighted by Crippen LogP contribution is 2.32. The van der Waals surface area contributed by atoms with Crippen LogP contribution >= 0.6 is 11.3 Å². The summed E-state index contributed by atoms with van der Waals surface area (Å²) < 4.78 is 46.8. The molecule has 3 aromatic carbocycles. The number of nitrogens with one attached hydrogen (secondary N) is 1. The third-order valence-corrected chi connectivity index (χ3v) is 7.25. The second kappa shape index (κ2) is 11.2. The average molecular weight is 572 g/mol. The van der Waals surface area contributed by atoms with Crippen LogP contribution in [-0.2, 0) is 11.0 Å². The number of alkyl halides is 3. The van der Waals surface area contributed by atoms with E-state index < -0.39 is 23.2 Å². The van der Waals surface area contributed by atoms with Crippen molar-refractivity contribution in [2.24, 2.45) is 0 Å². The molecule has 0 fully saturated rings. The lowest BCUT2D eigenvalue weighted by molar-refractivity contribution is -0.137. The molecule has 0 aliphatic rings. The summed E-state index contributed by atoms with van der Waals surface area (Å²) in [7, 11) is 0. The van der Waals surface area contributed by atoms with E-state index >= 15 is 0 Å². The number of hydrogen-bond donors (Lipinski definition) is 1. The van der Waals surface area contributed by atoms with Gasteiger partial charge in [0.05, 0.1) is 15.8 Å². The van der Waals surface area contributed by atoms with E-state index in [-0.39, 0.29) is 31.9 Å². The molecule has 41 heavy (non-hydrogen) atoms. The molecule has 5 aromatic rings. The van der Waals surface area contributed by atoms with Gasteiger partial charge in [0, 0.05) is 17.3 Å². The van der Waals surface area contributed by atoms with Crippen molar-refractivity contribution in [1.29, 1.82) is 5.26 Å². The first kappa shape index (κ1) is 27.4. The van der Waals surface area contributed by atoms with Crippen molar-refractivity contribution >= 4 is 34.6 Å². The van der Waals surface area contributed by atoms with E-state index in [4.69, 9.17) is 4.42 Å². The third-order valence-electron chi connectivity index (χ3n) is 6.16. The van der Waals surface area contributed by atoms with Crippen LogP contribution in [0.5, 0.6) is 0 Å². The summed E-state index contributed by atoms with van der Waals surface area (Å²) in [4.78, 5) is 26.8. The van der Waals surface area contributed by atoms with E-state index in [1.54, 1.807) is 42.5 Å². The summed E-state index contributed by atoms with van der Waals surface area (Å²) in [5.74, 6) is -0.279. The van der Waals surface area contributed by atoms with Crippen LogP contribution in [-0.4, -0.2) is 10.5 Å². The topological polar surface area (TPSA) is 88.0 Å². The van der Waals surface area contributed by atoms with Gasteiger partial charge in [0.25, 0.3) is 11.5 Å². The van der Waals surface area contributed by atoms with Gasteiger partial charge in [0.15, 0.2) is 5.57 Å². The minimum atomic E-state index is -4.51. The van der Waals surface area contributed by atoms with Crippen LogP contribution < -0.4 is 20.1 Å². The zero-order valence-corrected chi connectivity index (χ0v) is 22.2. The Morgan fingerprint density at radius 3 is 2.44 bits per heavy atom. The summed E-state index contributed by atoms with van der Waals surface area (Å²) in [5, 5.41) is 12.7. The summed E-state index contributed by atoms with van der Waals surface area (Å²) in [6.07, 6.45) is -3.07. The van der Waals surface area contributed by atoms with Gasteiger partial charge >= 0.3 is 6.18 Å². The van der Waals surface area contributed by atoms with E-state index in [0.717, 1.165) is 29.0 Å². The van der Waals surface area contributed by atoms with Gasteiger partial charge in [-0.05, 0) is 55.0 Å². The normalized spacial score (nSPS) is 12.6. The van der Waals surface area contributed by atoms with Crippen LogP contribution in [0, 0.1) is 18.3 Å². The van der Waals surface area contributed by atoms with Crippen LogP contribution in [0.15, 0.2) is 100 Å². The number of nitrogens with zero attached hydrogens (tertiary/aromatic N) is 2. The quantitative estimate of drug-likeness (QED) is 0.296. The van der Waals surface area contributed by atoms with Gasteiger partial charge in [-0.15, -0.1) is 11.3 Å². The van der Waals surface area contributed by atoms with Gasteiger partial charge in [-0.3, -0.25) is 14.2 Å². The molecule has 0 saturated carbocycles. The van der Waals surface area contributed by atoms with Crippen LogP contribution in [0.3, 0.4) is 0 Å². The van der Waals surface area contributed by atoms with Crippen molar-refractivity contribution in [3.05, 3.63) is 127 Å². The number of para-hydroxylation sites is 2. The molecule has 1 amide bonds. The number of halogens is 3. The lowest BCUT2D eigenvalue weighted by atomic mass is 10.1. The Kier molecular flexibility index (Phi) is 7.46. The largest absolute Gasteiger partial charge is 0.457 e. The molecule has 5 rings (SSSR count). The van der Waals surface area contributed by atoms with E-state index in [1.165, 1.54) is 34.9 Å². The average Bonchev–Trinajstić information content (AvgIpc) is 3.55. The molecule has 2 heterocycles. The molecule has 6 nitrogen and oxygen atoms in total. The fraction of sp³-hybridized carbons (Fsp3) is 0.0645. The number of aromatic nitrogens is 1. The van der Waals surface area contributed by atoms with Gasteiger partial charge in [-0.2, -0.15) is 18.4 Å². The fourth-order valence-electron chi connectivity index (χ4n) is 4.12. The molecule has 10 heteroatoms. The molecule has 0 bridgehead atoms. The zero-order valence-electron chi connectivity index (χ0n) is 21.4. The molecule has 2 aromatic heterocycles. The van der Waals surface area contributed by atoms with Crippen LogP contribution in [0.25, 0.3) is 28.7 Å². The highest BCUT2D eigenvalue weighted by atomic mass is 32.1. The number of thiazole rings is 1. The standard InChI is InChI=1S/C31H20F3N3O3S/c1-19-8-5-6-13-25(19)36-28(38)24(18-35)30-37(22-11-3-2-4-12-22)29(39)27(41-30)17-23-14-15-26(40-23)20-9-7-10-21(16-20)31(32,33)34/h2-17H,1H3,(H,36,38)/b27-17+,30-24+. The maximum Gasteiger partial charge on any atom is 0.416 e. The first-order valence-corrected chi connectivity index (χ1v) is 13.1. The molecule has 0 saturated heterocycles. The molecule has 0 radical (unpaired) electrons. The maximum absolute atomic E-state index is 13.6. The van der Waals surface area contributed by atoms with Crippen molar-refractivity contribution in [2.45, 2.75) is 13.1 Å². The molecule has 0 spiro atoms. The van der Waals surface area contributed by atoms with Crippen molar-refractivity contribution in [1.82, 2.24) is 4.57 Å². The number of carbonyl (C=O) groups excluding carboxylic acids is 1. The van der Waals surface area contributed by atoms with Crippen molar-refractivity contribution in [3.8, 4) is 23.1 Å². The van der Waals surface area contributed by atoms with Crippen molar-refractivity contribution in [3.63, 3.8) is 0 Å². The summed E-state index contributed by atoms with van der Waals surface area (Å²) in [6.45, 7) is 1.82. The Morgan fingerprint density at radius 1 is 1.00 bits per heavy atom. The van der Waals surface area contributed by atoms with E-state index in [9.17, 15) is 28.0 Å². The maximum atomic E-state index is 13.6. The highest BCUT2D eigenvalue weighted by Gasteiger charge is 2.30. The summed E-state index contributed by atoms with van der Waals surface area (Å²) in [5.41, 5.74) is 0.430. The van der Waals surface area contributed by atoms with Crippen LogP contribution in [0.1, 0.15) is 16.9 Å². The monoisotopic (exact) mass is 571 g/mol. The number of rotatable bonds is 5. The molecule has 0 aliphatic heterocycles. The van der Waals surface area contributed by atoms with E-state index in [2.05, 4.69) is 5.32 Å². The number of nitriles is 1. The minimum Gasteiger partial charge on any atom is -0.457 e. The number of benzene rings is 3. The molecule has 0 atom stereocenters. The minimum absolute atomic E-state index is 0.116. The van der Waals surface area contributed by atoms with Crippen molar-refractivity contribution < 1.29 is 22.4 Å². The highest BCUT2D eigenvalue weighted by molar-refractivity contribution is 7.07. The predicted molar refractivity (Wildman–Crippen MR) is 151 cm³/mol. The first-order valence-electron chi connectivity index (χ1n) is 12.2. The molecule has 0 aliphatic carbocycles. The Balaban J connectivity index is 1.64. The van der Waals surface area contributed by atoms with Gasteiger partial charge in [-0.1, -0.05) is 48.5 Å². The van der Waals surface area contributed by atoms with E-state index in [1.807, 2.05) is 25.1 Å². The second-order valence-electron chi connectivity index (χ2n) is 8.93. The number of carbonyl (C=O) groups is 1. The first-order chi connectivity index (χ1) is 19.7. The number of hydrogen-bond acceptors (Lipinski definition) is 5. The number of anilines is 1. The molecular formula is C31H20F3N3O3S. The number of furan rings is 1. The van der Waals surface area contributed by atoms with Gasteiger partial charge in [0.1, 0.15) is 22.3 Å². The molecule has 0 unspecified atom stereocenters. The SMILES string of the molecule is Cc1ccccc1NC(=O)/C(C#N)=c1/s/c(=C/c2ccc(-c3cccc(C(F)(F)F)c3)o2)c(=O)n1-c1ccccc1. The summed E-state index contributed by atoms with van der Waals surface area (Å²) >= 11 is 0.928. The van der Waals surface area contributed by atoms with Crippen LogP contribution in [0.4, 0.5) is 18.9 Å². The Hall–Kier alpha value is -5.14. The molecule has 204 valence electrons. The van der Waals surface area contributed by atoms with Crippen molar-refractivity contribution in [2.75, 3.05) is 5.32 Å². The Bertz CT molecular complexity index is 1980. The predicted octanol–water partition coefficient (Wildman–Crippen LogP) is 5.63. The smallest absolute Gasteiger partial charge is 0.416 e. The molecule has 1 N–H and O–H groups in total. The van der Waals surface area contributed by atoms with E-state index in [0.29, 0.717) is 11.4 Å². The Labute approximate surface area is 235 Å². The molecular weight excluding hydrogens is 551 g/mol. The lowest BCUT2D eigenvalue weighted by Crippen LogP contribution is -2.32. The summed E-state index contributed by atoms with van der Waals surface area (Å²) in [6, 6.07) is 25.4. The zero-order chi connectivity index (χ0) is 29.1. The lowest BCUT2D eigenvalue weighted by Gasteiger charge is -2.08. The van der Waals surface area contributed by atoms with Gasteiger partial charge < -0.3 is 9.73 Å². The number of aryl methyl sites for hydroxylation is 1. The Morgan fingerprint density at radius 2 is 1.73 bits per heavy atom.